The molecule has 1 unspecified atom stereocenters. The van der Waals surface area contributed by atoms with Crippen LogP contribution in [0.15, 0.2) is 48.5 Å². The number of carbonyl (C=O) groups excluding carboxylic acids is 1. The second-order valence-electron chi connectivity index (χ2n) is 5.71. The lowest BCUT2D eigenvalue weighted by Gasteiger charge is -2.25. The van der Waals surface area contributed by atoms with Crippen LogP contribution >= 0.6 is 11.6 Å². The summed E-state index contributed by atoms with van der Waals surface area (Å²) in [7, 11) is 1.56. The van der Waals surface area contributed by atoms with Crippen LogP contribution in [-0.2, 0) is 16.1 Å². The van der Waals surface area contributed by atoms with Crippen molar-refractivity contribution in [3.8, 4) is 5.75 Å². The monoisotopic (exact) mass is 361 g/mol. The number of hydrogen-bond acceptors (Lipinski definition) is 3. The van der Waals surface area contributed by atoms with Gasteiger partial charge in [0.15, 0.2) is 0 Å². The Kier molecular flexibility index (Phi) is 6.42. The van der Waals surface area contributed by atoms with Crippen LogP contribution in [0, 0.1) is 0 Å². The highest BCUT2D eigenvalue weighted by molar-refractivity contribution is 6.30. The van der Waals surface area contributed by atoms with Crippen molar-refractivity contribution in [3.05, 3.63) is 64.7 Å². The second-order valence-corrected chi connectivity index (χ2v) is 6.15. The number of aliphatic carboxylic acids is 1. The Morgan fingerprint density at radius 1 is 1.20 bits per heavy atom. The lowest BCUT2D eigenvalue weighted by atomic mass is 9.99. The lowest BCUT2D eigenvalue weighted by molar-refractivity contribution is -0.145. The molecular formula is C19H20ClNO4. The van der Waals surface area contributed by atoms with Crippen LogP contribution in [0.25, 0.3) is 0 Å². The molecule has 0 fully saturated rings. The highest BCUT2D eigenvalue weighted by Gasteiger charge is 2.24. The Balaban J connectivity index is 2.21. The molecule has 0 heterocycles. The SMILES string of the molecule is COc1cccc(C(C)C(=O)N(CC(=O)O)Cc2ccc(Cl)cc2)c1. The lowest BCUT2D eigenvalue weighted by Crippen LogP contribution is -2.37. The van der Waals surface area contributed by atoms with E-state index in [9.17, 15) is 9.59 Å². The third kappa shape index (κ3) is 5.22. The van der Waals surface area contributed by atoms with Gasteiger partial charge in [-0.25, -0.2) is 0 Å². The molecule has 1 N–H and O–H groups in total. The predicted molar refractivity (Wildman–Crippen MR) is 95.9 cm³/mol. The third-order valence-corrected chi connectivity index (χ3v) is 4.14. The molecule has 0 radical (unpaired) electrons. The minimum absolute atomic E-state index is 0.205. The average molecular weight is 362 g/mol. The van der Waals surface area contributed by atoms with Gasteiger partial charge in [0.05, 0.1) is 13.0 Å². The summed E-state index contributed by atoms with van der Waals surface area (Å²) in [5.74, 6) is -1.15. The van der Waals surface area contributed by atoms with Crippen molar-refractivity contribution >= 4 is 23.5 Å². The fourth-order valence-electron chi connectivity index (χ4n) is 2.51. The van der Waals surface area contributed by atoms with Crippen molar-refractivity contribution in [2.45, 2.75) is 19.4 Å². The topological polar surface area (TPSA) is 66.8 Å². The second kappa shape index (κ2) is 8.53. The van der Waals surface area contributed by atoms with Crippen LogP contribution in [0.5, 0.6) is 5.75 Å². The molecule has 6 heteroatoms. The van der Waals surface area contributed by atoms with Crippen LogP contribution in [-0.4, -0.2) is 35.5 Å². The van der Waals surface area contributed by atoms with Crippen LogP contribution in [0.4, 0.5) is 0 Å². The highest BCUT2D eigenvalue weighted by atomic mass is 35.5. The molecule has 5 nitrogen and oxygen atoms in total. The number of ether oxygens (including phenoxy) is 1. The number of benzene rings is 2. The quantitative estimate of drug-likeness (QED) is 0.818. The van der Waals surface area contributed by atoms with Gasteiger partial charge >= 0.3 is 5.97 Å². The van der Waals surface area contributed by atoms with Gasteiger partial charge < -0.3 is 14.7 Å². The molecule has 2 aromatic rings. The molecule has 0 aliphatic carbocycles. The van der Waals surface area contributed by atoms with Crippen LogP contribution in [0.1, 0.15) is 24.0 Å². The molecule has 0 bridgehead atoms. The smallest absolute Gasteiger partial charge is 0.323 e. The van der Waals surface area contributed by atoms with Gasteiger partial charge in [-0.3, -0.25) is 9.59 Å². The summed E-state index contributed by atoms with van der Waals surface area (Å²) in [6.07, 6.45) is 0. The maximum absolute atomic E-state index is 12.8. The van der Waals surface area contributed by atoms with Gasteiger partial charge in [-0.1, -0.05) is 35.9 Å². The number of rotatable bonds is 7. The predicted octanol–water partition coefficient (Wildman–Crippen LogP) is 3.57. The van der Waals surface area contributed by atoms with Crippen LogP contribution in [0.2, 0.25) is 5.02 Å². The molecule has 1 atom stereocenters. The van der Waals surface area contributed by atoms with Gasteiger partial charge in [-0.15, -0.1) is 0 Å². The molecule has 0 spiro atoms. The first-order valence-corrected chi connectivity index (χ1v) is 8.17. The van der Waals surface area contributed by atoms with E-state index in [0.717, 1.165) is 11.1 Å². The van der Waals surface area contributed by atoms with Gasteiger partial charge in [0.25, 0.3) is 0 Å². The van der Waals surface area contributed by atoms with E-state index in [1.165, 1.54) is 4.90 Å². The first-order chi connectivity index (χ1) is 11.9. The summed E-state index contributed by atoms with van der Waals surface area (Å²) in [6.45, 7) is 1.60. The normalized spacial score (nSPS) is 11.6. The van der Waals surface area contributed by atoms with Gasteiger partial charge in [0, 0.05) is 11.6 Å². The van der Waals surface area contributed by atoms with E-state index in [0.29, 0.717) is 10.8 Å². The van der Waals surface area contributed by atoms with E-state index in [2.05, 4.69) is 0 Å². The van der Waals surface area contributed by atoms with E-state index in [1.807, 2.05) is 6.07 Å². The molecule has 2 aromatic carbocycles. The van der Waals surface area contributed by atoms with Crippen molar-refractivity contribution in [3.63, 3.8) is 0 Å². The maximum atomic E-state index is 12.8. The van der Waals surface area contributed by atoms with E-state index in [4.69, 9.17) is 21.4 Å². The summed E-state index contributed by atoms with van der Waals surface area (Å²) in [5, 5.41) is 9.74. The minimum atomic E-state index is -1.06. The molecule has 25 heavy (non-hydrogen) atoms. The first-order valence-electron chi connectivity index (χ1n) is 7.79. The average Bonchev–Trinajstić information content (AvgIpc) is 2.61. The largest absolute Gasteiger partial charge is 0.497 e. The molecule has 1 amide bonds. The third-order valence-electron chi connectivity index (χ3n) is 3.89. The molecule has 0 saturated carbocycles. The summed E-state index contributed by atoms with van der Waals surface area (Å²) in [4.78, 5) is 25.4. The number of amides is 1. The molecular weight excluding hydrogens is 342 g/mol. The van der Waals surface area contributed by atoms with Crippen molar-refractivity contribution in [1.82, 2.24) is 4.90 Å². The van der Waals surface area contributed by atoms with Crippen LogP contribution < -0.4 is 4.74 Å². The number of carboxylic acids is 1. The minimum Gasteiger partial charge on any atom is -0.497 e. The molecule has 0 aromatic heterocycles. The Morgan fingerprint density at radius 3 is 2.48 bits per heavy atom. The van der Waals surface area contributed by atoms with Gasteiger partial charge in [0.2, 0.25) is 5.91 Å². The number of hydrogen-bond donors (Lipinski definition) is 1. The Hall–Kier alpha value is -2.53. The van der Waals surface area contributed by atoms with Gasteiger partial charge in [-0.05, 0) is 42.3 Å². The zero-order valence-electron chi connectivity index (χ0n) is 14.1. The summed E-state index contributed by atoms with van der Waals surface area (Å²) in [5.41, 5.74) is 1.59. The zero-order valence-corrected chi connectivity index (χ0v) is 14.9. The van der Waals surface area contributed by atoms with Gasteiger partial charge in [-0.2, -0.15) is 0 Å². The standard InChI is InChI=1S/C19H20ClNO4/c1-13(15-4-3-5-17(10-15)25-2)19(24)21(12-18(22)23)11-14-6-8-16(20)9-7-14/h3-10,13H,11-12H2,1-2H3,(H,22,23). The van der Waals surface area contributed by atoms with E-state index in [-0.39, 0.29) is 19.0 Å². The fourth-order valence-corrected chi connectivity index (χ4v) is 2.64. The molecule has 0 saturated heterocycles. The number of nitrogens with zero attached hydrogens (tertiary/aromatic N) is 1. The number of carbonyl (C=O) groups is 2. The van der Waals surface area contributed by atoms with Crippen molar-refractivity contribution in [2.24, 2.45) is 0 Å². The van der Waals surface area contributed by atoms with E-state index >= 15 is 0 Å². The number of halogens is 1. The molecule has 0 aliphatic rings. The summed E-state index contributed by atoms with van der Waals surface area (Å²) < 4.78 is 5.19. The molecule has 0 aliphatic heterocycles. The van der Waals surface area contributed by atoms with E-state index < -0.39 is 11.9 Å². The fraction of sp³-hybridized carbons (Fsp3) is 0.263. The Bertz CT molecular complexity index is 745. The summed E-state index contributed by atoms with van der Waals surface area (Å²) in [6, 6.07) is 14.2. The number of carboxylic acid groups (broad SMARTS) is 1. The van der Waals surface area contributed by atoms with Crippen molar-refractivity contribution < 1.29 is 19.4 Å². The highest BCUT2D eigenvalue weighted by Crippen LogP contribution is 2.23. The van der Waals surface area contributed by atoms with Crippen molar-refractivity contribution in [1.29, 1.82) is 0 Å². The van der Waals surface area contributed by atoms with E-state index in [1.54, 1.807) is 56.5 Å². The number of methoxy groups -OCH3 is 1. The molecule has 2 rings (SSSR count). The van der Waals surface area contributed by atoms with Crippen molar-refractivity contribution in [2.75, 3.05) is 13.7 Å². The molecule has 132 valence electrons. The Morgan fingerprint density at radius 2 is 1.88 bits per heavy atom. The van der Waals surface area contributed by atoms with Gasteiger partial charge in [0.1, 0.15) is 12.3 Å². The maximum Gasteiger partial charge on any atom is 0.323 e. The summed E-state index contributed by atoms with van der Waals surface area (Å²) >= 11 is 5.87. The first kappa shape index (κ1) is 18.8. The van der Waals surface area contributed by atoms with Crippen LogP contribution in [0.3, 0.4) is 0 Å². The zero-order chi connectivity index (χ0) is 18.4. The Labute approximate surface area is 151 Å².